The monoisotopic (exact) mass is 471 g/mol. The second-order valence-electron chi connectivity index (χ2n) is 8.43. The molecule has 11 nitrogen and oxygen atoms in total. The zero-order chi connectivity index (χ0) is 24.7. The number of carboxylic acid groups (broad SMARTS) is 2. The van der Waals surface area contributed by atoms with E-state index in [1.54, 1.807) is 0 Å². The summed E-state index contributed by atoms with van der Waals surface area (Å²) in [6.45, 7) is 2.36. The van der Waals surface area contributed by atoms with Gasteiger partial charge in [-0.1, -0.05) is 24.3 Å². The van der Waals surface area contributed by atoms with Crippen molar-refractivity contribution >= 4 is 29.6 Å². The van der Waals surface area contributed by atoms with E-state index in [0.717, 1.165) is 24.0 Å². The van der Waals surface area contributed by atoms with Crippen LogP contribution < -0.4 is 21.5 Å². The fourth-order valence-corrected chi connectivity index (χ4v) is 3.88. The lowest BCUT2D eigenvalue weighted by Gasteiger charge is -2.25. The summed E-state index contributed by atoms with van der Waals surface area (Å²) in [6.07, 6.45) is 2.10. The lowest BCUT2D eigenvalue weighted by atomic mass is 9.91. The van der Waals surface area contributed by atoms with Crippen LogP contribution in [-0.4, -0.2) is 50.6 Å². The number of aryl methyl sites for hydroxylation is 1. The first-order valence-corrected chi connectivity index (χ1v) is 11.1. The van der Waals surface area contributed by atoms with E-state index in [1.807, 2.05) is 24.3 Å². The third-order valence-electron chi connectivity index (χ3n) is 5.72. The predicted molar refractivity (Wildman–Crippen MR) is 125 cm³/mol. The molecule has 0 saturated carbocycles. The molecule has 2 atom stereocenters. The maximum Gasteiger partial charge on any atom is 0.320 e. The van der Waals surface area contributed by atoms with Crippen LogP contribution in [0.4, 0.5) is 11.8 Å². The molecule has 0 bridgehead atoms. The molecule has 1 aromatic heterocycles. The van der Waals surface area contributed by atoms with Crippen molar-refractivity contribution in [3.05, 3.63) is 51.3 Å². The smallest absolute Gasteiger partial charge is 0.320 e. The first-order chi connectivity index (χ1) is 16.2. The minimum atomic E-state index is -1.07. The third kappa shape index (κ3) is 7.14. The summed E-state index contributed by atoms with van der Waals surface area (Å²) in [6, 6.07) is 6.91. The Morgan fingerprint density at radius 1 is 1.18 bits per heavy atom. The first-order valence-electron chi connectivity index (χ1n) is 11.1. The number of nitrogens with zero attached hydrogens (tertiary/aromatic N) is 1. The fourth-order valence-electron chi connectivity index (χ4n) is 3.88. The largest absolute Gasteiger partial charge is 0.481 e. The third-order valence-corrected chi connectivity index (χ3v) is 5.72. The summed E-state index contributed by atoms with van der Waals surface area (Å²) in [5.41, 5.74) is 2.36. The Balaban J connectivity index is 1.50. The van der Waals surface area contributed by atoms with Crippen molar-refractivity contribution in [1.82, 2.24) is 15.3 Å². The van der Waals surface area contributed by atoms with Crippen molar-refractivity contribution in [2.45, 2.75) is 51.6 Å². The van der Waals surface area contributed by atoms with Gasteiger partial charge in [0.15, 0.2) is 0 Å². The number of rotatable bonds is 11. The number of aromatic nitrogens is 2. The number of anilines is 2. The molecule has 0 fully saturated rings. The highest BCUT2D eigenvalue weighted by Crippen LogP contribution is 2.24. The summed E-state index contributed by atoms with van der Waals surface area (Å²) in [5, 5.41) is 26.5. The average molecular weight is 472 g/mol. The number of fused-ring (bicyclic) bond motifs is 1. The number of hydrogen-bond donors (Lipinski definition) is 6. The molecule has 1 aliphatic heterocycles. The fraction of sp³-hybridized carbons (Fsp3) is 0.435. The highest BCUT2D eigenvalue weighted by atomic mass is 16.4. The predicted octanol–water partition coefficient (Wildman–Crippen LogP) is 1.35. The van der Waals surface area contributed by atoms with E-state index in [2.05, 4.69) is 25.9 Å². The number of carbonyl (C=O) groups is 3. The number of H-pyrrole nitrogens is 1. The SMILES string of the molecule is CC(=O)Nc1nc2c(c(=O)[nH]1)CC(CCc1ccc(CN[C@@H](CCC(=O)O)C(=O)O)cc1)CN2. The van der Waals surface area contributed by atoms with Crippen molar-refractivity contribution in [3.63, 3.8) is 0 Å². The van der Waals surface area contributed by atoms with Crippen LogP contribution in [0.1, 0.15) is 42.9 Å². The topological polar surface area (TPSA) is 174 Å². The molecule has 3 rings (SSSR count). The highest BCUT2D eigenvalue weighted by Gasteiger charge is 2.23. The zero-order valence-electron chi connectivity index (χ0n) is 18.9. The van der Waals surface area contributed by atoms with E-state index in [0.29, 0.717) is 30.9 Å². The number of carboxylic acids is 2. The van der Waals surface area contributed by atoms with Gasteiger partial charge in [-0.05, 0) is 42.7 Å². The van der Waals surface area contributed by atoms with Crippen LogP contribution in [0.2, 0.25) is 0 Å². The molecule has 1 aromatic carbocycles. The molecule has 182 valence electrons. The maximum atomic E-state index is 12.4. The Morgan fingerprint density at radius 2 is 1.88 bits per heavy atom. The summed E-state index contributed by atoms with van der Waals surface area (Å²) in [5.74, 6) is -1.50. The van der Waals surface area contributed by atoms with Gasteiger partial charge in [-0.3, -0.25) is 29.5 Å². The van der Waals surface area contributed by atoms with Crippen LogP contribution in [0.25, 0.3) is 0 Å². The van der Waals surface area contributed by atoms with Gasteiger partial charge in [-0.15, -0.1) is 0 Å². The molecule has 6 N–H and O–H groups in total. The molecule has 34 heavy (non-hydrogen) atoms. The summed E-state index contributed by atoms with van der Waals surface area (Å²) in [7, 11) is 0. The number of aliphatic carboxylic acids is 2. The Hall–Kier alpha value is -3.73. The van der Waals surface area contributed by atoms with Crippen molar-refractivity contribution in [2.75, 3.05) is 17.2 Å². The molecule has 2 aromatic rings. The molecule has 1 unspecified atom stereocenters. The van der Waals surface area contributed by atoms with E-state index in [-0.39, 0.29) is 36.2 Å². The average Bonchev–Trinajstić information content (AvgIpc) is 2.77. The minimum absolute atomic E-state index is 0.0220. The molecule has 0 spiro atoms. The number of benzene rings is 1. The second kappa shape index (κ2) is 11.4. The second-order valence-corrected chi connectivity index (χ2v) is 8.43. The summed E-state index contributed by atoms with van der Waals surface area (Å²) < 4.78 is 0. The molecule has 0 aliphatic carbocycles. The Morgan fingerprint density at radius 3 is 2.53 bits per heavy atom. The zero-order valence-corrected chi connectivity index (χ0v) is 18.9. The highest BCUT2D eigenvalue weighted by molar-refractivity contribution is 5.86. The number of nitrogens with one attached hydrogen (secondary N) is 4. The van der Waals surface area contributed by atoms with E-state index < -0.39 is 18.0 Å². The van der Waals surface area contributed by atoms with Crippen molar-refractivity contribution in [3.8, 4) is 0 Å². The van der Waals surface area contributed by atoms with Gasteiger partial charge >= 0.3 is 11.9 Å². The van der Waals surface area contributed by atoms with E-state index in [1.165, 1.54) is 6.92 Å². The minimum Gasteiger partial charge on any atom is -0.481 e. The van der Waals surface area contributed by atoms with Gasteiger partial charge < -0.3 is 20.8 Å². The normalized spacial score (nSPS) is 15.6. The van der Waals surface area contributed by atoms with Gasteiger partial charge in [0.2, 0.25) is 11.9 Å². The summed E-state index contributed by atoms with van der Waals surface area (Å²) >= 11 is 0. The molecular formula is C23H29N5O6. The van der Waals surface area contributed by atoms with Gasteiger partial charge in [0.25, 0.3) is 5.56 Å². The number of hydrogen-bond acceptors (Lipinski definition) is 7. The lowest BCUT2D eigenvalue weighted by molar-refractivity contribution is -0.140. The van der Waals surface area contributed by atoms with Crippen molar-refractivity contribution in [2.24, 2.45) is 5.92 Å². The molecule has 1 aliphatic rings. The first kappa shape index (κ1) is 24.9. The molecule has 11 heteroatoms. The van der Waals surface area contributed by atoms with Crippen LogP contribution in [0.15, 0.2) is 29.1 Å². The Kier molecular flexibility index (Phi) is 8.36. The van der Waals surface area contributed by atoms with Gasteiger partial charge in [0.1, 0.15) is 11.9 Å². The van der Waals surface area contributed by atoms with Crippen molar-refractivity contribution < 1.29 is 24.6 Å². The van der Waals surface area contributed by atoms with E-state index >= 15 is 0 Å². The van der Waals surface area contributed by atoms with Gasteiger partial charge in [-0.25, -0.2) is 0 Å². The molecule has 1 amide bonds. The van der Waals surface area contributed by atoms with E-state index in [9.17, 15) is 24.3 Å². The maximum absolute atomic E-state index is 12.4. The molecule has 0 radical (unpaired) electrons. The van der Waals surface area contributed by atoms with Crippen LogP contribution in [0.3, 0.4) is 0 Å². The Bertz CT molecular complexity index is 1100. The molecule has 0 saturated heterocycles. The molecular weight excluding hydrogens is 442 g/mol. The van der Waals surface area contributed by atoms with Gasteiger partial charge in [0, 0.05) is 26.4 Å². The lowest BCUT2D eigenvalue weighted by Crippen LogP contribution is -2.36. The standard InChI is InChI=1S/C23H29N5O6/c1-13(29)26-23-27-20-17(21(32)28-23)10-16(12-25-20)7-4-14-2-5-15(6-3-14)11-24-18(22(33)34)8-9-19(30)31/h2-3,5-6,16,18,24H,4,7-12H2,1H3,(H,30,31)(H,33,34)(H3,25,26,27,28,29,32)/t16?,18-/m0/s1. The van der Waals surface area contributed by atoms with E-state index in [4.69, 9.17) is 5.11 Å². The van der Waals surface area contributed by atoms with Gasteiger partial charge in [-0.2, -0.15) is 4.98 Å². The Labute approximate surface area is 196 Å². The van der Waals surface area contributed by atoms with Crippen LogP contribution in [0.5, 0.6) is 0 Å². The van der Waals surface area contributed by atoms with Crippen LogP contribution in [-0.2, 0) is 33.8 Å². The summed E-state index contributed by atoms with van der Waals surface area (Å²) in [4.78, 5) is 52.4. The number of carbonyl (C=O) groups excluding carboxylic acids is 1. The molecule has 2 heterocycles. The number of amides is 1. The quantitative estimate of drug-likeness (QED) is 0.283. The van der Waals surface area contributed by atoms with Crippen molar-refractivity contribution in [1.29, 1.82) is 0 Å². The van der Waals surface area contributed by atoms with Crippen LogP contribution >= 0.6 is 0 Å². The van der Waals surface area contributed by atoms with Gasteiger partial charge in [0.05, 0.1) is 5.56 Å². The van der Waals surface area contributed by atoms with Crippen LogP contribution in [0, 0.1) is 5.92 Å². The number of aromatic amines is 1.